The van der Waals surface area contributed by atoms with E-state index in [2.05, 4.69) is 16.9 Å². The third-order valence-corrected chi connectivity index (χ3v) is 5.98. The average molecular weight is 435 g/mol. The van der Waals surface area contributed by atoms with E-state index in [1.54, 1.807) is 24.5 Å². The number of nitrogens with zero attached hydrogens (tertiary/aromatic N) is 2. The summed E-state index contributed by atoms with van der Waals surface area (Å²) in [5.74, 6) is 1.68. The van der Waals surface area contributed by atoms with E-state index in [-0.39, 0.29) is 5.75 Å². The van der Waals surface area contributed by atoms with Crippen LogP contribution in [0.3, 0.4) is 0 Å². The molecule has 172 valence electrons. The van der Waals surface area contributed by atoms with Gasteiger partial charge < -0.3 is 9.84 Å². The number of fused-ring (bicyclic) bond motifs is 1. The van der Waals surface area contributed by atoms with Crippen molar-refractivity contribution in [3.8, 4) is 22.9 Å². The molecule has 3 rings (SSSR count). The summed E-state index contributed by atoms with van der Waals surface area (Å²) in [6.07, 6.45) is 19.6. The fourth-order valence-electron chi connectivity index (χ4n) is 4.05. The number of phenols is 1. The number of hydrogen-bond acceptors (Lipinski definition) is 4. The van der Waals surface area contributed by atoms with Crippen molar-refractivity contribution in [1.29, 1.82) is 0 Å². The summed E-state index contributed by atoms with van der Waals surface area (Å²) >= 11 is 0. The molecule has 0 unspecified atom stereocenters. The predicted molar refractivity (Wildman–Crippen MR) is 133 cm³/mol. The first kappa shape index (κ1) is 24.0. The first-order chi connectivity index (χ1) is 15.8. The van der Waals surface area contributed by atoms with Gasteiger partial charge in [-0.2, -0.15) is 0 Å². The SMILES string of the molecule is CCCCCCCCCCCCCCOc1cnc(-c2ccc3cc(O)ccc3c2)nc1. The molecule has 0 saturated carbocycles. The second-order valence-electron chi connectivity index (χ2n) is 8.73. The zero-order valence-corrected chi connectivity index (χ0v) is 19.6. The summed E-state index contributed by atoms with van der Waals surface area (Å²) in [5.41, 5.74) is 0.954. The highest BCUT2D eigenvalue weighted by molar-refractivity contribution is 5.87. The van der Waals surface area contributed by atoms with Gasteiger partial charge in [0.1, 0.15) is 5.75 Å². The molecule has 32 heavy (non-hydrogen) atoms. The second kappa shape index (κ2) is 13.7. The van der Waals surface area contributed by atoms with Crippen molar-refractivity contribution in [3.05, 3.63) is 48.8 Å². The minimum atomic E-state index is 0.274. The van der Waals surface area contributed by atoms with Gasteiger partial charge in [-0.3, -0.25) is 0 Å². The first-order valence-electron chi connectivity index (χ1n) is 12.4. The molecule has 0 atom stereocenters. The summed E-state index contributed by atoms with van der Waals surface area (Å²) in [6, 6.07) is 11.3. The van der Waals surface area contributed by atoms with Crippen molar-refractivity contribution < 1.29 is 9.84 Å². The maximum absolute atomic E-state index is 9.60. The maximum atomic E-state index is 9.60. The average Bonchev–Trinajstić information content (AvgIpc) is 2.82. The number of phenolic OH excluding ortho intramolecular Hbond substituents is 1. The molecule has 4 heteroatoms. The molecule has 2 aromatic carbocycles. The van der Waals surface area contributed by atoms with Crippen LogP contribution in [-0.4, -0.2) is 21.7 Å². The van der Waals surface area contributed by atoms with Crippen molar-refractivity contribution in [1.82, 2.24) is 9.97 Å². The van der Waals surface area contributed by atoms with Crippen LogP contribution in [0.5, 0.6) is 11.5 Å². The molecule has 0 fully saturated rings. The normalized spacial score (nSPS) is 11.2. The molecule has 3 aromatic rings. The van der Waals surface area contributed by atoms with E-state index in [1.165, 1.54) is 70.6 Å². The van der Waals surface area contributed by atoms with Gasteiger partial charge in [0, 0.05) is 5.56 Å². The van der Waals surface area contributed by atoms with Gasteiger partial charge in [-0.25, -0.2) is 9.97 Å². The van der Waals surface area contributed by atoms with E-state index in [9.17, 15) is 5.11 Å². The quantitative estimate of drug-likeness (QED) is 0.246. The summed E-state index contributed by atoms with van der Waals surface area (Å²) < 4.78 is 5.82. The smallest absolute Gasteiger partial charge is 0.159 e. The largest absolute Gasteiger partial charge is 0.508 e. The van der Waals surface area contributed by atoms with Gasteiger partial charge in [0.25, 0.3) is 0 Å². The highest BCUT2D eigenvalue weighted by Gasteiger charge is 2.04. The van der Waals surface area contributed by atoms with E-state index < -0.39 is 0 Å². The molecule has 0 bridgehead atoms. The van der Waals surface area contributed by atoms with Gasteiger partial charge >= 0.3 is 0 Å². The Hall–Kier alpha value is -2.62. The predicted octanol–water partition coefficient (Wildman–Crippen LogP) is 8.08. The molecule has 1 heterocycles. The molecular weight excluding hydrogens is 396 g/mol. The van der Waals surface area contributed by atoms with E-state index >= 15 is 0 Å². The molecule has 1 aromatic heterocycles. The van der Waals surface area contributed by atoms with Gasteiger partial charge in [0.05, 0.1) is 19.0 Å². The van der Waals surface area contributed by atoms with Crippen LogP contribution in [-0.2, 0) is 0 Å². The zero-order valence-electron chi connectivity index (χ0n) is 19.6. The van der Waals surface area contributed by atoms with Gasteiger partial charge in [0.15, 0.2) is 11.6 Å². The topological polar surface area (TPSA) is 55.2 Å². The Morgan fingerprint density at radius 3 is 1.91 bits per heavy atom. The lowest BCUT2D eigenvalue weighted by atomic mass is 10.1. The lowest BCUT2D eigenvalue weighted by Gasteiger charge is -2.07. The fraction of sp³-hybridized carbons (Fsp3) is 0.500. The van der Waals surface area contributed by atoms with Gasteiger partial charge in [-0.05, 0) is 35.4 Å². The van der Waals surface area contributed by atoms with Gasteiger partial charge in [-0.1, -0.05) is 95.8 Å². The Morgan fingerprint density at radius 2 is 1.25 bits per heavy atom. The Balaban J connectivity index is 1.28. The molecule has 0 aliphatic heterocycles. The summed E-state index contributed by atoms with van der Waals surface area (Å²) in [4.78, 5) is 8.94. The Morgan fingerprint density at radius 1 is 0.688 bits per heavy atom. The molecule has 0 aliphatic carbocycles. The standard InChI is InChI=1S/C28H38N2O2/c1-2-3-4-5-6-7-8-9-10-11-12-13-18-32-27-21-29-28(30-22-27)25-15-14-24-20-26(31)17-16-23(24)19-25/h14-17,19-22,31H,2-13,18H2,1H3. The van der Waals surface area contributed by atoms with Crippen molar-refractivity contribution >= 4 is 10.8 Å². The molecule has 0 aliphatic rings. The number of unbranched alkanes of at least 4 members (excludes halogenated alkanes) is 11. The van der Waals surface area contributed by atoms with Gasteiger partial charge in [-0.15, -0.1) is 0 Å². The number of benzene rings is 2. The van der Waals surface area contributed by atoms with Crippen molar-refractivity contribution in [2.45, 2.75) is 84.0 Å². The molecular formula is C28H38N2O2. The number of ether oxygens (including phenoxy) is 1. The number of rotatable bonds is 15. The minimum Gasteiger partial charge on any atom is -0.508 e. The molecule has 0 saturated heterocycles. The van der Waals surface area contributed by atoms with E-state index in [0.717, 1.165) is 35.1 Å². The summed E-state index contributed by atoms with van der Waals surface area (Å²) in [7, 11) is 0. The van der Waals surface area contributed by atoms with Crippen molar-refractivity contribution in [2.24, 2.45) is 0 Å². The van der Waals surface area contributed by atoms with E-state index in [0.29, 0.717) is 5.82 Å². The third kappa shape index (κ3) is 8.14. The molecule has 0 spiro atoms. The molecule has 1 N–H and O–H groups in total. The van der Waals surface area contributed by atoms with E-state index in [4.69, 9.17) is 4.74 Å². The highest BCUT2D eigenvalue weighted by Crippen LogP contribution is 2.25. The maximum Gasteiger partial charge on any atom is 0.159 e. The second-order valence-corrected chi connectivity index (χ2v) is 8.73. The zero-order chi connectivity index (χ0) is 22.4. The van der Waals surface area contributed by atoms with Crippen molar-refractivity contribution in [3.63, 3.8) is 0 Å². The van der Waals surface area contributed by atoms with Crippen LogP contribution in [0.25, 0.3) is 22.2 Å². The van der Waals surface area contributed by atoms with E-state index in [1.807, 2.05) is 24.3 Å². The van der Waals surface area contributed by atoms with Crippen LogP contribution in [0.1, 0.15) is 84.0 Å². The van der Waals surface area contributed by atoms with Crippen LogP contribution in [0.4, 0.5) is 0 Å². The van der Waals surface area contributed by atoms with Crippen LogP contribution >= 0.6 is 0 Å². The molecule has 4 nitrogen and oxygen atoms in total. The number of aromatic nitrogens is 2. The monoisotopic (exact) mass is 434 g/mol. The molecule has 0 radical (unpaired) electrons. The first-order valence-corrected chi connectivity index (χ1v) is 12.4. The Kier molecular flexibility index (Phi) is 10.3. The Labute approximate surface area is 193 Å². The number of aromatic hydroxyl groups is 1. The van der Waals surface area contributed by atoms with Crippen molar-refractivity contribution in [2.75, 3.05) is 6.61 Å². The van der Waals surface area contributed by atoms with Crippen LogP contribution < -0.4 is 4.74 Å². The minimum absolute atomic E-state index is 0.274. The van der Waals surface area contributed by atoms with Crippen LogP contribution in [0.15, 0.2) is 48.8 Å². The lowest BCUT2D eigenvalue weighted by molar-refractivity contribution is 0.302. The van der Waals surface area contributed by atoms with Gasteiger partial charge in [0.2, 0.25) is 0 Å². The summed E-state index contributed by atoms with van der Waals surface area (Å²) in [6.45, 7) is 3.00. The summed E-state index contributed by atoms with van der Waals surface area (Å²) in [5, 5.41) is 11.6. The lowest BCUT2D eigenvalue weighted by Crippen LogP contribution is -1.99. The highest BCUT2D eigenvalue weighted by atomic mass is 16.5. The Bertz CT molecular complexity index is 924. The van der Waals surface area contributed by atoms with Crippen LogP contribution in [0, 0.1) is 0 Å². The van der Waals surface area contributed by atoms with Crippen LogP contribution in [0.2, 0.25) is 0 Å². The third-order valence-electron chi connectivity index (χ3n) is 5.98. The fourth-order valence-corrected chi connectivity index (χ4v) is 4.05. The molecule has 0 amide bonds. The number of hydrogen-bond donors (Lipinski definition) is 1.